The molecule has 1 fully saturated rings. The zero-order valence-corrected chi connectivity index (χ0v) is 10.9. The molecule has 0 aliphatic heterocycles. The molecule has 6 heteroatoms. The molecule has 19 heavy (non-hydrogen) atoms. The minimum Gasteiger partial charge on any atom is -0.383 e. The first-order valence-corrected chi connectivity index (χ1v) is 6.85. The van der Waals surface area contributed by atoms with Crippen molar-refractivity contribution >= 4 is 22.4 Å². The quantitative estimate of drug-likeness (QED) is 0.902. The van der Waals surface area contributed by atoms with Crippen LogP contribution in [0.2, 0.25) is 0 Å². The lowest BCUT2D eigenvalue weighted by atomic mass is 10.2. The Balaban J connectivity index is 1.75. The molecule has 0 radical (unpaired) electrons. The Morgan fingerprint density at radius 2 is 2.16 bits per heavy atom. The summed E-state index contributed by atoms with van der Waals surface area (Å²) in [6.45, 7) is 0.299. The van der Waals surface area contributed by atoms with Crippen LogP contribution in [0.25, 0.3) is 0 Å². The van der Waals surface area contributed by atoms with E-state index in [-0.39, 0.29) is 0 Å². The van der Waals surface area contributed by atoms with E-state index in [2.05, 4.69) is 9.69 Å². The zero-order chi connectivity index (χ0) is 13.4. The molecular formula is C13H13F2N3S. The summed E-state index contributed by atoms with van der Waals surface area (Å²) < 4.78 is 30.5. The largest absolute Gasteiger partial charge is 0.383 e. The van der Waals surface area contributed by atoms with Gasteiger partial charge in [-0.15, -0.1) is 0 Å². The Morgan fingerprint density at radius 1 is 1.37 bits per heavy atom. The van der Waals surface area contributed by atoms with Crippen LogP contribution in [0.1, 0.15) is 29.9 Å². The van der Waals surface area contributed by atoms with E-state index in [4.69, 9.17) is 5.73 Å². The average molecular weight is 281 g/mol. The second-order valence-electron chi connectivity index (χ2n) is 4.67. The molecular weight excluding hydrogens is 268 g/mol. The van der Waals surface area contributed by atoms with Crippen molar-refractivity contribution < 1.29 is 8.78 Å². The third-order valence-electron chi connectivity index (χ3n) is 3.20. The molecule has 1 aromatic carbocycles. The van der Waals surface area contributed by atoms with E-state index in [0.29, 0.717) is 23.8 Å². The van der Waals surface area contributed by atoms with Gasteiger partial charge in [0.2, 0.25) is 0 Å². The second-order valence-corrected chi connectivity index (χ2v) is 5.45. The van der Waals surface area contributed by atoms with Gasteiger partial charge in [0.25, 0.3) is 0 Å². The van der Waals surface area contributed by atoms with Crippen LogP contribution in [-0.4, -0.2) is 4.37 Å². The minimum atomic E-state index is -0.568. The van der Waals surface area contributed by atoms with E-state index < -0.39 is 11.6 Å². The molecule has 0 atom stereocenters. The minimum absolute atomic E-state index is 0.299. The van der Waals surface area contributed by atoms with Gasteiger partial charge in [-0.2, -0.15) is 4.37 Å². The summed E-state index contributed by atoms with van der Waals surface area (Å²) in [7, 11) is 0. The molecule has 0 spiro atoms. The summed E-state index contributed by atoms with van der Waals surface area (Å²) in [5, 5.41) is 4.04. The normalized spacial score (nSPS) is 14.6. The number of hydrogen-bond acceptors (Lipinski definition) is 4. The highest BCUT2D eigenvalue weighted by molar-refractivity contribution is 7.10. The van der Waals surface area contributed by atoms with Crippen molar-refractivity contribution in [3.63, 3.8) is 0 Å². The maximum atomic E-state index is 13.5. The summed E-state index contributed by atoms with van der Waals surface area (Å²) >= 11 is 1.29. The molecule has 3 N–H and O–H groups in total. The van der Waals surface area contributed by atoms with E-state index >= 15 is 0 Å². The van der Waals surface area contributed by atoms with Crippen LogP contribution >= 0.6 is 11.5 Å². The molecule has 3 rings (SSSR count). The fourth-order valence-electron chi connectivity index (χ4n) is 2.04. The smallest absolute Gasteiger partial charge is 0.142 e. The number of benzene rings is 1. The lowest BCUT2D eigenvalue weighted by molar-refractivity contribution is 0.574. The second kappa shape index (κ2) is 4.77. The van der Waals surface area contributed by atoms with Gasteiger partial charge in [0.15, 0.2) is 0 Å². The highest BCUT2D eigenvalue weighted by Crippen LogP contribution is 2.47. The van der Waals surface area contributed by atoms with Crippen LogP contribution in [0.4, 0.5) is 19.6 Å². The summed E-state index contributed by atoms with van der Waals surface area (Å²) in [6.07, 6.45) is 2.25. The first-order chi connectivity index (χ1) is 9.15. The van der Waals surface area contributed by atoms with E-state index in [1.807, 2.05) is 0 Å². The van der Waals surface area contributed by atoms with Crippen LogP contribution < -0.4 is 11.1 Å². The maximum absolute atomic E-state index is 13.5. The van der Waals surface area contributed by atoms with E-state index in [0.717, 1.165) is 29.5 Å². The molecule has 0 bridgehead atoms. The molecule has 1 aromatic heterocycles. The van der Waals surface area contributed by atoms with Gasteiger partial charge in [-0.05, 0) is 36.4 Å². The first-order valence-electron chi connectivity index (χ1n) is 6.08. The number of hydrogen-bond donors (Lipinski definition) is 2. The molecule has 0 unspecified atom stereocenters. The van der Waals surface area contributed by atoms with Gasteiger partial charge < -0.3 is 11.1 Å². The Bertz CT molecular complexity index is 608. The Morgan fingerprint density at radius 3 is 2.84 bits per heavy atom. The predicted octanol–water partition coefficient (Wildman–Crippen LogP) is 3.49. The van der Waals surface area contributed by atoms with Crippen molar-refractivity contribution in [3.8, 4) is 0 Å². The van der Waals surface area contributed by atoms with Crippen molar-refractivity contribution in [3.05, 3.63) is 41.0 Å². The number of anilines is 2. The van der Waals surface area contributed by atoms with Gasteiger partial charge in [0.05, 0.1) is 0 Å². The average Bonchev–Trinajstić information content (AvgIpc) is 3.13. The molecule has 0 saturated heterocycles. The number of nitrogens with zero attached hydrogens (tertiary/aromatic N) is 1. The Kier molecular flexibility index (Phi) is 3.10. The number of aromatic nitrogens is 1. The predicted molar refractivity (Wildman–Crippen MR) is 72.2 cm³/mol. The fraction of sp³-hybridized carbons (Fsp3) is 0.308. The molecule has 3 nitrogen and oxygen atoms in total. The van der Waals surface area contributed by atoms with Gasteiger partial charge in [0.1, 0.15) is 22.5 Å². The highest BCUT2D eigenvalue weighted by Gasteiger charge is 2.30. The van der Waals surface area contributed by atoms with Crippen LogP contribution in [0.3, 0.4) is 0 Å². The van der Waals surface area contributed by atoms with E-state index in [9.17, 15) is 8.78 Å². The van der Waals surface area contributed by atoms with Crippen LogP contribution in [0.5, 0.6) is 0 Å². The zero-order valence-electron chi connectivity index (χ0n) is 10.1. The first kappa shape index (κ1) is 12.3. The van der Waals surface area contributed by atoms with Gasteiger partial charge in [-0.3, -0.25) is 0 Å². The maximum Gasteiger partial charge on any atom is 0.142 e. The number of rotatable bonds is 4. The van der Waals surface area contributed by atoms with Gasteiger partial charge in [0, 0.05) is 23.7 Å². The Labute approximate surface area is 113 Å². The van der Waals surface area contributed by atoms with E-state index in [1.165, 1.54) is 23.7 Å². The molecule has 1 saturated carbocycles. The summed E-state index contributed by atoms with van der Waals surface area (Å²) in [5.41, 5.74) is 7.31. The third kappa shape index (κ3) is 2.53. The van der Waals surface area contributed by atoms with Crippen molar-refractivity contribution in [2.75, 3.05) is 11.1 Å². The monoisotopic (exact) mass is 281 g/mol. The topological polar surface area (TPSA) is 50.9 Å². The van der Waals surface area contributed by atoms with Crippen LogP contribution in [0.15, 0.2) is 18.2 Å². The summed E-state index contributed by atoms with van der Waals surface area (Å²) in [6, 6.07) is 3.58. The SMILES string of the molecule is Nc1nsc(NCc2ccc(F)cc2F)c1C1CC1. The van der Waals surface area contributed by atoms with Gasteiger partial charge in [-0.25, -0.2) is 8.78 Å². The number of nitrogens with one attached hydrogen (secondary N) is 1. The highest BCUT2D eigenvalue weighted by atomic mass is 32.1. The van der Waals surface area contributed by atoms with Crippen molar-refractivity contribution in [1.82, 2.24) is 4.37 Å². The molecule has 1 aliphatic carbocycles. The Hall–Kier alpha value is -1.69. The summed E-state index contributed by atoms with van der Waals surface area (Å²) in [4.78, 5) is 0. The number of nitrogens with two attached hydrogens (primary N) is 1. The third-order valence-corrected chi connectivity index (χ3v) is 4.03. The number of nitrogen functional groups attached to an aromatic ring is 1. The molecule has 2 aromatic rings. The molecule has 1 heterocycles. The molecule has 0 amide bonds. The van der Waals surface area contributed by atoms with Crippen LogP contribution in [0, 0.1) is 11.6 Å². The van der Waals surface area contributed by atoms with Gasteiger partial charge >= 0.3 is 0 Å². The summed E-state index contributed by atoms with van der Waals surface area (Å²) in [5.74, 6) is -0.0613. The number of halogens is 2. The lowest BCUT2D eigenvalue weighted by Crippen LogP contribution is -2.03. The molecule has 1 aliphatic rings. The van der Waals surface area contributed by atoms with Crippen LogP contribution in [-0.2, 0) is 6.54 Å². The van der Waals surface area contributed by atoms with Gasteiger partial charge in [-0.1, -0.05) is 6.07 Å². The van der Waals surface area contributed by atoms with Crippen molar-refractivity contribution in [2.45, 2.75) is 25.3 Å². The van der Waals surface area contributed by atoms with Crippen molar-refractivity contribution in [1.29, 1.82) is 0 Å². The standard InChI is InChI=1S/C13H13F2N3S/c14-9-4-3-8(10(15)5-9)6-17-13-11(7-1-2-7)12(16)18-19-13/h3-5,7,17H,1-2,6H2,(H2,16,18). The molecule has 100 valence electrons. The van der Waals surface area contributed by atoms with E-state index in [1.54, 1.807) is 0 Å². The van der Waals surface area contributed by atoms with Crippen molar-refractivity contribution in [2.24, 2.45) is 0 Å². The lowest BCUT2D eigenvalue weighted by Gasteiger charge is -2.07. The fourth-order valence-corrected chi connectivity index (χ4v) is 2.84.